The monoisotopic (exact) mass is 583 g/mol. The van der Waals surface area contributed by atoms with Crippen molar-refractivity contribution < 1.29 is 18.0 Å². The zero-order valence-electron chi connectivity index (χ0n) is 23.9. The molecule has 7 nitrogen and oxygen atoms in total. The van der Waals surface area contributed by atoms with Crippen molar-refractivity contribution in [2.24, 2.45) is 5.92 Å². The second-order valence-electron chi connectivity index (χ2n) is 10.6. The Bertz CT molecular complexity index is 1460. The van der Waals surface area contributed by atoms with Crippen LogP contribution >= 0.6 is 11.6 Å². The summed E-state index contributed by atoms with van der Waals surface area (Å²) in [6.45, 7) is 11.4. The van der Waals surface area contributed by atoms with Crippen molar-refractivity contribution >= 4 is 39.1 Å². The molecule has 0 heterocycles. The van der Waals surface area contributed by atoms with Crippen LogP contribution in [-0.4, -0.2) is 44.3 Å². The molecule has 2 amide bonds. The van der Waals surface area contributed by atoms with Crippen molar-refractivity contribution in [2.45, 2.75) is 59.0 Å². The van der Waals surface area contributed by atoms with E-state index in [9.17, 15) is 18.0 Å². The third-order valence-electron chi connectivity index (χ3n) is 6.62. The Hall–Kier alpha value is -3.36. The minimum Gasteiger partial charge on any atom is -0.354 e. The summed E-state index contributed by atoms with van der Waals surface area (Å²) in [5.41, 5.74) is 3.80. The standard InChI is InChI=1S/C31H38ClN3O4S/c1-21(2)18-33-31(37)25(6)34(19-26-9-7-8-23(4)16-26)30(36)20-35(27-13-12-24(5)29(32)17-27)40(38,39)28-14-10-22(3)11-15-28/h7-17,21,25H,18-20H2,1-6H3,(H,33,37). The first-order chi connectivity index (χ1) is 18.8. The number of carbonyl (C=O) groups is 2. The van der Waals surface area contributed by atoms with Gasteiger partial charge in [0.1, 0.15) is 12.6 Å². The lowest BCUT2D eigenvalue weighted by molar-refractivity contribution is -0.139. The average Bonchev–Trinajstić information content (AvgIpc) is 2.90. The first-order valence-electron chi connectivity index (χ1n) is 13.3. The van der Waals surface area contributed by atoms with E-state index >= 15 is 0 Å². The highest BCUT2D eigenvalue weighted by atomic mass is 35.5. The third-order valence-corrected chi connectivity index (χ3v) is 8.81. The summed E-state index contributed by atoms with van der Waals surface area (Å²) in [7, 11) is -4.15. The van der Waals surface area contributed by atoms with Crippen LogP contribution in [0.25, 0.3) is 0 Å². The van der Waals surface area contributed by atoms with Gasteiger partial charge in [0.2, 0.25) is 11.8 Å². The van der Waals surface area contributed by atoms with E-state index in [0.29, 0.717) is 11.6 Å². The van der Waals surface area contributed by atoms with Crippen molar-refractivity contribution in [3.8, 4) is 0 Å². The Labute approximate surface area is 243 Å². The molecule has 1 unspecified atom stereocenters. The molecule has 0 aliphatic carbocycles. The predicted octanol–water partition coefficient (Wildman–Crippen LogP) is 5.65. The molecule has 3 aromatic carbocycles. The molecule has 0 bridgehead atoms. The van der Waals surface area contributed by atoms with Crippen LogP contribution in [0.5, 0.6) is 0 Å². The predicted molar refractivity (Wildman–Crippen MR) is 161 cm³/mol. The number of nitrogens with zero attached hydrogens (tertiary/aromatic N) is 2. The summed E-state index contributed by atoms with van der Waals surface area (Å²) >= 11 is 6.38. The highest BCUT2D eigenvalue weighted by molar-refractivity contribution is 7.92. The van der Waals surface area contributed by atoms with Crippen LogP contribution < -0.4 is 9.62 Å². The number of rotatable bonds is 11. The van der Waals surface area contributed by atoms with E-state index in [-0.39, 0.29) is 29.0 Å². The normalized spacial score (nSPS) is 12.2. The summed E-state index contributed by atoms with van der Waals surface area (Å²) in [6.07, 6.45) is 0. The molecular formula is C31H38ClN3O4S. The number of anilines is 1. The molecule has 3 rings (SSSR count). The molecule has 214 valence electrons. The zero-order chi connectivity index (χ0) is 29.6. The van der Waals surface area contributed by atoms with E-state index in [1.807, 2.05) is 58.9 Å². The maximum Gasteiger partial charge on any atom is 0.264 e. The quantitative estimate of drug-likeness (QED) is 0.316. The van der Waals surface area contributed by atoms with E-state index in [2.05, 4.69) is 5.32 Å². The number of nitrogens with one attached hydrogen (secondary N) is 1. The van der Waals surface area contributed by atoms with Gasteiger partial charge in [-0.3, -0.25) is 13.9 Å². The van der Waals surface area contributed by atoms with Gasteiger partial charge < -0.3 is 10.2 Å². The van der Waals surface area contributed by atoms with Gasteiger partial charge in [0, 0.05) is 18.1 Å². The molecule has 3 aromatic rings. The van der Waals surface area contributed by atoms with Crippen molar-refractivity contribution in [3.63, 3.8) is 0 Å². The highest BCUT2D eigenvalue weighted by Gasteiger charge is 2.32. The van der Waals surface area contributed by atoms with Crippen molar-refractivity contribution in [2.75, 3.05) is 17.4 Å². The maximum absolute atomic E-state index is 14.0. The fraction of sp³-hybridized carbons (Fsp3) is 0.355. The average molecular weight is 584 g/mol. The molecule has 9 heteroatoms. The van der Waals surface area contributed by atoms with Crippen LogP contribution in [0.1, 0.15) is 43.0 Å². The molecule has 0 aliphatic rings. The lowest BCUT2D eigenvalue weighted by atomic mass is 10.1. The molecule has 0 fully saturated rings. The summed E-state index contributed by atoms with van der Waals surface area (Å²) in [5, 5.41) is 3.27. The second-order valence-corrected chi connectivity index (χ2v) is 12.9. The minimum atomic E-state index is -4.15. The van der Waals surface area contributed by atoms with Gasteiger partial charge >= 0.3 is 0 Å². The summed E-state index contributed by atoms with van der Waals surface area (Å²) in [5.74, 6) is -0.583. The minimum absolute atomic E-state index is 0.0514. The Kier molecular flexibility index (Phi) is 10.4. The Balaban J connectivity index is 2.04. The Morgan fingerprint density at radius 1 is 0.900 bits per heavy atom. The smallest absolute Gasteiger partial charge is 0.264 e. The number of halogens is 1. The van der Waals surface area contributed by atoms with Gasteiger partial charge in [-0.05, 0) is 69.0 Å². The first kappa shape index (κ1) is 31.2. The van der Waals surface area contributed by atoms with Gasteiger partial charge in [-0.25, -0.2) is 8.42 Å². The van der Waals surface area contributed by atoms with Gasteiger partial charge in [0.05, 0.1) is 10.6 Å². The fourth-order valence-electron chi connectivity index (χ4n) is 4.15. The van der Waals surface area contributed by atoms with Crippen LogP contribution in [0, 0.1) is 26.7 Å². The molecule has 0 aliphatic heterocycles. The van der Waals surface area contributed by atoms with Crippen LogP contribution in [-0.2, 0) is 26.2 Å². The van der Waals surface area contributed by atoms with Gasteiger partial charge in [0.15, 0.2) is 0 Å². The van der Waals surface area contributed by atoms with E-state index in [1.165, 1.54) is 17.0 Å². The van der Waals surface area contributed by atoms with E-state index < -0.39 is 28.5 Å². The van der Waals surface area contributed by atoms with Crippen LogP contribution in [0.3, 0.4) is 0 Å². The molecule has 40 heavy (non-hydrogen) atoms. The van der Waals surface area contributed by atoms with Crippen molar-refractivity contribution in [3.05, 3.63) is 94.0 Å². The lowest BCUT2D eigenvalue weighted by Gasteiger charge is -2.32. The molecular weight excluding hydrogens is 546 g/mol. The van der Waals surface area contributed by atoms with Crippen molar-refractivity contribution in [1.29, 1.82) is 0 Å². The zero-order valence-corrected chi connectivity index (χ0v) is 25.5. The fourth-order valence-corrected chi connectivity index (χ4v) is 5.73. The van der Waals surface area contributed by atoms with Crippen LogP contribution in [0.2, 0.25) is 5.02 Å². The SMILES string of the molecule is Cc1ccc(S(=O)(=O)N(CC(=O)N(Cc2cccc(C)c2)C(C)C(=O)NCC(C)C)c2ccc(C)c(Cl)c2)cc1. The molecule has 1 atom stereocenters. The molecule has 0 saturated heterocycles. The van der Waals surface area contributed by atoms with E-state index in [4.69, 9.17) is 11.6 Å². The summed E-state index contributed by atoms with van der Waals surface area (Å²) in [4.78, 5) is 28.6. The van der Waals surface area contributed by atoms with Crippen LogP contribution in [0.15, 0.2) is 71.6 Å². The maximum atomic E-state index is 14.0. The molecule has 0 spiro atoms. The number of aryl methyl sites for hydroxylation is 3. The largest absolute Gasteiger partial charge is 0.354 e. The molecule has 1 N–H and O–H groups in total. The topological polar surface area (TPSA) is 86.8 Å². The second kappa shape index (κ2) is 13.3. The Morgan fingerprint density at radius 2 is 1.57 bits per heavy atom. The number of sulfonamides is 1. The van der Waals surface area contributed by atoms with Gasteiger partial charge in [-0.15, -0.1) is 0 Å². The van der Waals surface area contributed by atoms with Crippen molar-refractivity contribution in [1.82, 2.24) is 10.2 Å². The summed E-state index contributed by atoms with van der Waals surface area (Å²) < 4.78 is 28.9. The first-order valence-corrected chi connectivity index (χ1v) is 15.1. The number of hydrogen-bond donors (Lipinski definition) is 1. The number of benzene rings is 3. The van der Waals surface area contributed by atoms with Gasteiger partial charge in [-0.2, -0.15) is 0 Å². The lowest BCUT2D eigenvalue weighted by Crippen LogP contribution is -2.51. The number of carbonyl (C=O) groups excluding carboxylic acids is 2. The van der Waals surface area contributed by atoms with Gasteiger partial charge in [-0.1, -0.05) is 79.0 Å². The van der Waals surface area contributed by atoms with E-state index in [0.717, 1.165) is 26.6 Å². The molecule has 0 radical (unpaired) electrons. The highest BCUT2D eigenvalue weighted by Crippen LogP contribution is 2.29. The summed E-state index contributed by atoms with van der Waals surface area (Å²) in [6, 6.07) is 18.2. The third kappa shape index (κ3) is 7.86. The molecule has 0 aromatic heterocycles. The number of amides is 2. The van der Waals surface area contributed by atoms with Crippen LogP contribution in [0.4, 0.5) is 5.69 Å². The van der Waals surface area contributed by atoms with E-state index in [1.54, 1.807) is 37.3 Å². The molecule has 0 saturated carbocycles. The van der Waals surface area contributed by atoms with Gasteiger partial charge in [0.25, 0.3) is 10.0 Å². The number of hydrogen-bond acceptors (Lipinski definition) is 4. The Morgan fingerprint density at radius 3 is 2.17 bits per heavy atom.